The monoisotopic (exact) mass is 200 g/mol. The molecular formula is C13H16N2. The lowest BCUT2D eigenvalue weighted by Gasteiger charge is -2.07. The van der Waals surface area contributed by atoms with Gasteiger partial charge in [-0.1, -0.05) is 12.8 Å². The normalized spacial score (nSPS) is 17.6. The zero-order valence-corrected chi connectivity index (χ0v) is 8.79. The first-order chi connectivity index (χ1) is 7.34. The highest BCUT2D eigenvalue weighted by molar-refractivity contribution is 5.86. The Morgan fingerprint density at radius 3 is 2.80 bits per heavy atom. The largest absolute Gasteiger partial charge is 0.399 e. The molecule has 1 fully saturated rings. The van der Waals surface area contributed by atoms with Crippen molar-refractivity contribution in [2.24, 2.45) is 0 Å². The van der Waals surface area contributed by atoms with Crippen LogP contribution in [0.1, 0.15) is 37.2 Å². The molecule has 2 nitrogen and oxygen atoms in total. The fourth-order valence-electron chi connectivity index (χ4n) is 2.73. The third-order valence-corrected chi connectivity index (χ3v) is 3.53. The van der Waals surface area contributed by atoms with E-state index in [9.17, 15) is 0 Å². The molecule has 0 atom stereocenters. The Kier molecular flexibility index (Phi) is 1.94. The smallest absolute Gasteiger partial charge is 0.0458 e. The zero-order valence-electron chi connectivity index (χ0n) is 8.79. The second-order valence-corrected chi connectivity index (χ2v) is 4.53. The molecule has 1 aliphatic carbocycles. The maximum absolute atomic E-state index is 5.84. The molecule has 1 aliphatic rings. The molecule has 0 aliphatic heterocycles. The average molecular weight is 200 g/mol. The summed E-state index contributed by atoms with van der Waals surface area (Å²) in [5, 5.41) is 1.32. The van der Waals surface area contributed by atoms with E-state index < -0.39 is 0 Å². The van der Waals surface area contributed by atoms with E-state index in [-0.39, 0.29) is 0 Å². The van der Waals surface area contributed by atoms with Crippen molar-refractivity contribution in [2.75, 3.05) is 5.73 Å². The lowest BCUT2D eigenvalue weighted by Crippen LogP contribution is -1.90. The number of nitrogens with two attached hydrogens (primary N) is 1. The van der Waals surface area contributed by atoms with Crippen LogP contribution in [-0.2, 0) is 0 Å². The van der Waals surface area contributed by atoms with Crippen molar-refractivity contribution in [3.63, 3.8) is 0 Å². The highest BCUT2D eigenvalue weighted by Crippen LogP contribution is 2.37. The molecule has 0 amide bonds. The van der Waals surface area contributed by atoms with Gasteiger partial charge in [0.1, 0.15) is 0 Å². The van der Waals surface area contributed by atoms with Crippen LogP contribution in [0.4, 0.5) is 5.69 Å². The van der Waals surface area contributed by atoms with Crippen LogP contribution < -0.4 is 5.73 Å². The molecule has 2 heteroatoms. The number of nitrogen functional groups attached to an aromatic ring is 1. The van der Waals surface area contributed by atoms with E-state index in [1.54, 1.807) is 0 Å². The van der Waals surface area contributed by atoms with Gasteiger partial charge < -0.3 is 10.7 Å². The number of hydrogen-bond donors (Lipinski definition) is 2. The summed E-state index contributed by atoms with van der Waals surface area (Å²) in [6, 6.07) is 6.12. The first-order valence-electron chi connectivity index (χ1n) is 5.71. The highest BCUT2D eigenvalue weighted by Gasteiger charge is 2.19. The molecule has 3 rings (SSSR count). The molecule has 2 aromatic rings. The molecule has 0 unspecified atom stereocenters. The Bertz CT molecular complexity index is 478. The number of nitrogens with one attached hydrogen (secondary N) is 1. The summed E-state index contributed by atoms with van der Waals surface area (Å²) in [4.78, 5) is 3.34. The number of H-pyrrole nitrogens is 1. The van der Waals surface area contributed by atoms with Gasteiger partial charge in [0, 0.05) is 22.8 Å². The molecule has 1 aromatic carbocycles. The second-order valence-electron chi connectivity index (χ2n) is 4.53. The standard InChI is InChI=1S/C13H16N2/c14-10-5-6-13-11(7-10)12(8-15-13)9-3-1-2-4-9/h5-9,15H,1-4,14H2. The van der Waals surface area contributed by atoms with E-state index in [1.165, 1.54) is 42.1 Å². The molecule has 1 aromatic heterocycles. The van der Waals surface area contributed by atoms with Crippen molar-refractivity contribution in [3.05, 3.63) is 30.0 Å². The summed E-state index contributed by atoms with van der Waals surface area (Å²) in [7, 11) is 0. The molecule has 1 saturated carbocycles. The number of hydrogen-bond acceptors (Lipinski definition) is 1. The average Bonchev–Trinajstić information content (AvgIpc) is 2.83. The van der Waals surface area contributed by atoms with E-state index in [4.69, 9.17) is 5.73 Å². The Morgan fingerprint density at radius 1 is 1.20 bits per heavy atom. The Morgan fingerprint density at radius 2 is 2.00 bits per heavy atom. The van der Waals surface area contributed by atoms with Gasteiger partial charge in [-0.3, -0.25) is 0 Å². The van der Waals surface area contributed by atoms with Gasteiger partial charge in [0.05, 0.1) is 0 Å². The van der Waals surface area contributed by atoms with E-state index in [2.05, 4.69) is 23.3 Å². The SMILES string of the molecule is Nc1ccc2[nH]cc(C3CCCC3)c2c1. The summed E-state index contributed by atoms with van der Waals surface area (Å²) in [6.07, 6.45) is 7.59. The molecule has 0 radical (unpaired) electrons. The lowest BCUT2D eigenvalue weighted by atomic mass is 9.97. The molecule has 3 N–H and O–H groups in total. The summed E-state index contributed by atoms with van der Waals surface area (Å²) in [5.74, 6) is 0.751. The van der Waals surface area contributed by atoms with Crippen LogP contribution in [-0.4, -0.2) is 4.98 Å². The van der Waals surface area contributed by atoms with Gasteiger partial charge in [-0.2, -0.15) is 0 Å². The van der Waals surface area contributed by atoms with Crippen molar-refractivity contribution >= 4 is 16.6 Å². The van der Waals surface area contributed by atoms with Crippen LogP contribution in [0, 0.1) is 0 Å². The minimum Gasteiger partial charge on any atom is -0.399 e. The number of anilines is 1. The number of benzene rings is 1. The van der Waals surface area contributed by atoms with Gasteiger partial charge in [0.15, 0.2) is 0 Å². The maximum atomic E-state index is 5.84. The van der Waals surface area contributed by atoms with Gasteiger partial charge >= 0.3 is 0 Å². The van der Waals surface area contributed by atoms with Crippen LogP contribution in [0.3, 0.4) is 0 Å². The fraction of sp³-hybridized carbons (Fsp3) is 0.385. The van der Waals surface area contributed by atoms with Crippen LogP contribution in [0.2, 0.25) is 0 Å². The topological polar surface area (TPSA) is 41.8 Å². The highest BCUT2D eigenvalue weighted by atomic mass is 14.7. The predicted octanol–water partition coefficient (Wildman–Crippen LogP) is 3.41. The van der Waals surface area contributed by atoms with Crippen molar-refractivity contribution in [1.29, 1.82) is 0 Å². The third kappa shape index (κ3) is 1.41. The fourth-order valence-corrected chi connectivity index (χ4v) is 2.73. The third-order valence-electron chi connectivity index (χ3n) is 3.53. The van der Waals surface area contributed by atoms with E-state index in [1.807, 2.05) is 6.07 Å². The number of aromatic amines is 1. The Balaban J connectivity index is 2.13. The molecule has 1 heterocycles. The summed E-state index contributed by atoms with van der Waals surface area (Å²) >= 11 is 0. The first kappa shape index (κ1) is 8.84. The van der Waals surface area contributed by atoms with Gasteiger partial charge in [-0.15, -0.1) is 0 Å². The lowest BCUT2D eigenvalue weighted by molar-refractivity contribution is 0.729. The van der Waals surface area contributed by atoms with Crippen molar-refractivity contribution < 1.29 is 0 Å². The van der Waals surface area contributed by atoms with E-state index >= 15 is 0 Å². The molecule has 15 heavy (non-hydrogen) atoms. The minimum absolute atomic E-state index is 0.751. The number of rotatable bonds is 1. The van der Waals surface area contributed by atoms with Crippen LogP contribution in [0.15, 0.2) is 24.4 Å². The molecular weight excluding hydrogens is 184 g/mol. The van der Waals surface area contributed by atoms with Crippen LogP contribution in [0.5, 0.6) is 0 Å². The van der Waals surface area contributed by atoms with Gasteiger partial charge in [0.2, 0.25) is 0 Å². The summed E-state index contributed by atoms with van der Waals surface area (Å²) in [5.41, 5.74) is 9.38. The second kappa shape index (κ2) is 3.30. The number of aromatic nitrogens is 1. The summed E-state index contributed by atoms with van der Waals surface area (Å²) in [6.45, 7) is 0. The van der Waals surface area contributed by atoms with Crippen molar-refractivity contribution in [2.45, 2.75) is 31.6 Å². The van der Waals surface area contributed by atoms with Gasteiger partial charge in [0.25, 0.3) is 0 Å². The predicted molar refractivity (Wildman–Crippen MR) is 63.9 cm³/mol. The Hall–Kier alpha value is -1.44. The van der Waals surface area contributed by atoms with E-state index in [0.717, 1.165) is 11.6 Å². The van der Waals surface area contributed by atoms with Crippen molar-refractivity contribution in [1.82, 2.24) is 4.98 Å². The quantitative estimate of drug-likeness (QED) is 0.680. The molecule has 0 bridgehead atoms. The molecule has 78 valence electrons. The number of fused-ring (bicyclic) bond motifs is 1. The van der Waals surface area contributed by atoms with Crippen LogP contribution in [0.25, 0.3) is 10.9 Å². The van der Waals surface area contributed by atoms with Gasteiger partial charge in [-0.05, 0) is 42.5 Å². The van der Waals surface area contributed by atoms with Crippen molar-refractivity contribution in [3.8, 4) is 0 Å². The molecule has 0 saturated heterocycles. The maximum Gasteiger partial charge on any atom is 0.0458 e. The van der Waals surface area contributed by atoms with Gasteiger partial charge in [-0.25, -0.2) is 0 Å². The van der Waals surface area contributed by atoms with E-state index in [0.29, 0.717) is 0 Å². The Labute approximate surface area is 89.5 Å². The molecule has 0 spiro atoms. The first-order valence-corrected chi connectivity index (χ1v) is 5.71. The van der Waals surface area contributed by atoms with Crippen LogP contribution >= 0.6 is 0 Å². The summed E-state index contributed by atoms with van der Waals surface area (Å²) < 4.78 is 0. The zero-order chi connectivity index (χ0) is 10.3. The minimum atomic E-state index is 0.751.